The highest BCUT2D eigenvalue weighted by molar-refractivity contribution is 5.88. The lowest BCUT2D eigenvalue weighted by Gasteiger charge is -2.08. The van der Waals surface area contributed by atoms with Crippen molar-refractivity contribution in [1.82, 2.24) is 4.98 Å². The third-order valence-electron chi connectivity index (χ3n) is 2.75. The smallest absolute Gasteiger partial charge is 0.356 e. The largest absolute Gasteiger partial charge is 0.464 e. The molecule has 0 aliphatic rings. The summed E-state index contributed by atoms with van der Waals surface area (Å²) < 4.78 is 4.56. The van der Waals surface area contributed by atoms with Gasteiger partial charge in [-0.1, -0.05) is 12.1 Å². The predicted octanol–water partition coefficient (Wildman–Crippen LogP) is 2.83. The predicted molar refractivity (Wildman–Crippen MR) is 76.7 cm³/mol. The van der Waals surface area contributed by atoms with E-state index in [9.17, 15) is 14.9 Å². The van der Waals surface area contributed by atoms with E-state index in [-0.39, 0.29) is 17.2 Å². The zero-order chi connectivity index (χ0) is 15.4. The van der Waals surface area contributed by atoms with Crippen LogP contribution in [-0.4, -0.2) is 23.0 Å². The van der Waals surface area contributed by atoms with Crippen LogP contribution in [0, 0.1) is 17.0 Å². The SMILES string of the molecule is COC(=O)c1ccc([N+](=O)[O-])c(Nc2cccc(C)c2)n1. The first-order chi connectivity index (χ1) is 10.0. The first kappa shape index (κ1) is 14.4. The van der Waals surface area contributed by atoms with E-state index in [1.54, 1.807) is 6.07 Å². The van der Waals surface area contributed by atoms with Crippen molar-refractivity contribution in [2.75, 3.05) is 12.4 Å². The molecule has 108 valence electrons. The van der Waals surface area contributed by atoms with E-state index in [4.69, 9.17) is 0 Å². The Morgan fingerprint density at radius 3 is 2.71 bits per heavy atom. The van der Waals surface area contributed by atoms with Gasteiger partial charge in [-0.2, -0.15) is 0 Å². The van der Waals surface area contributed by atoms with Gasteiger partial charge in [0.1, 0.15) is 0 Å². The summed E-state index contributed by atoms with van der Waals surface area (Å²) in [7, 11) is 1.22. The van der Waals surface area contributed by atoms with Crippen molar-refractivity contribution in [2.24, 2.45) is 0 Å². The Balaban J connectivity index is 2.43. The molecule has 1 heterocycles. The van der Waals surface area contributed by atoms with Gasteiger partial charge in [0.15, 0.2) is 5.69 Å². The Labute approximate surface area is 120 Å². The molecule has 0 fully saturated rings. The molecule has 1 N–H and O–H groups in total. The number of nitrogens with zero attached hydrogens (tertiary/aromatic N) is 2. The maximum absolute atomic E-state index is 11.5. The van der Waals surface area contributed by atoms with E-state index in [0.717, 1.165) is 5.56 Å². The van der Waals surface area contributed by atoms with Gasteiger partial charge in [0.2, 0.25) is 5.82 Å². The zero-order valence-corrected chi connectivity index (χ0v) is 11.5. The Hall–Kier alpha value is -2.96. The minimum absolute atomic E-state index is 0.00162. The number of ether oxygens (including phenoxy) is 1. The van der Waals surface area contributed by atoms with E-state index < -0.39 is 10.9 Å². The number of nitro groups is 1. The number of rotatable bonds is 4. The van der Waals surface area contributed by atoms with Crippen molar-refractivity contribution in [3.63, 3.8) is 0 Å². The number of benzene rings is 1. The number of hydrogen-bond acceptors (Lipinski definition) is 6. The molecule has 1 aromatic heterocycles. The molecule has 0 saturated heterocycles. The number of aromatic nitrogens is 1. The first-order valence-corrected chi connectivity index (χ1v) is 6.08. The molecule has 0 bridgehead atoms. The van der Waals surface area contributed by atoms with E-state index in [2.05, 4.69) is 15.0 Å². The zero-order valence-electron chi connectivity index (χ0n) is 11.5. The molecule has 0 aliphatic heterocycles. The van der Waals surface area contributed by atoms with E-state index in [1.807, 2.05) is 25.1 Å². The van der Waals surface area contributed by atoms with Crippen LogP contribution < -0.4 is 5.32 Å². The Morgan fingerprint density at radius 1 is 1.33 bits per heavy atom. The number of carbonyl (C=O) groups excluding carboxylic acids is 1. The fourth-order valence-corrected chi connectivity index (χ4v) is 1.77. The lowest BCUT2D eigenvalue weighted by Crippen LogP contribution is -2.08. The van der Waals surface area contributed by atoms with Gasteiger partial charge in [0, 0.05) is 11.8 Å². The van der Waals surface area contributed by atoms with Crippen molar-refractivity contribution in [2.45, 2.75) is 6.92 Å². The van der Waals surface area contributed by atoms with E-state index in [1.165, 1.54) is 19.2 Å². The molecule has 21 heavy (non-hydrogen) atoms. The highest BCUT2D eigenvalue weighted by Crippen LogP contribution is 2.26. The van der Waals surface area contributed by atoms with Gasteiger partial charge in [0.05, 0.1) is 12.0 Å². The van der Waals surface area contributed by atoms with Crippen molar-refractivity contribution >= 4 is 23.2 Å². The standard InChI is InChI=1S/C14H13N3O4/c1-9-4-3-5-10(8-9)15-13-12(17(19)20)7-6-11(16-13)14(18)21-2/h3-8H,1-2H3,(H,15,16). The third-order valence-corrected chi connectivity index (χ3v) is 2.75. The van der Waals surface area contributed by atoms with Gasteiger partial charge < -0.3 is 10.1 Å². The van der Waals surface area contributed by atoms with Gasteiger partial charge in [-0.25, -0.2) is 9.78 Å². The first-order valence-electron chi connectivity index (χ1n) is 6.08. The quantitative estimate of drug-likeness (QED) is 0.528. The number of pyridine rings is 1. The molecule has 7 heteroatoms. The summed E-state index contributed by atoms with van der Waals surface area (Å²) in [4.78, 5) is 25.9. The van der Waals surface area contributed by atoms with Crippen molar-refractivity contribution in [1.29, 1.82) is 0 Å². The summed E-state index contributed by atoms with van der Waals surface area (Å²) in [6.07, 6.45) is 0. The van der Waals surface area contributed by atoms with E-state index in [0.29, 0.717) is 5.69 Å². The number of hydrogen-bond donors (Lipinski definition) is 1. The molecule has 0 saturated carbocycles. The molecule has 0 atom stereocenters. The number of methoxy groups -OCH3 is 1. The van der Waals surface area contributed by atoms with Gasteiger partial charge >= 0.3 is 11.7 Å². The molecule has 7 nitrogen and oxygen atoms in total. The second-order valence-electron chi connectivity index (χ2n) is 4.31. The van der Waals surface area contributed by atoms with Crippen molar-refractivity contribution in [3.05, 3.63) is 57.8 Å². The average Bonchev–Trinajstić information content (AvgIpc) is 2.46. The molecular formula is C14H13N3O4. The lowest BCUT2D eigenvalue weighted by atomic mass is 10.2. The minimum atomic E-state index is -0.655. The summed E-state index contributed by atoms with van der Waals surface area (Å²) in [6, 6.07) is 9.76. The highest BCUT2D eigenvalue weighted by atomic mass is 16.6. The van der Waals surface area contributed by atoms with Crippen LogP contribution in [0.4, 0.5) is 17.2 Å². The molecule has 1 aromatic carbocycles. The maximum atomic E-state index is 11.5. The fraction of sp³-hybridized carbons (Fsp3) is 0.143. The second-order valence-corrected chi connectivity index (χ2v) is 4.31. The molecule has 0 aliphatic carbocycles. The normalized spacial score (nSPS) is 10.0. The fourth-order valence-electron chi connectivity index (χ4n) is 1.77. The summed E-state index contributed by atoms with van der Waals surface area (Å²) in [5, 5.41) is 13.9. The minimum Gasteiger partial charge on any atom is -0.464 e. The monoisotopic (exact) mass is 287 g/mol. The van der Waals surface area contributed by atoms with Crippen LogP contribution in [0.25, 0.3) is 0 Å². The van der Waals surface area contributed by atoms with Crippen LogP contribution in [0.15, 0.2) is 36.4 Å². The molecule has 0 spiro atoms. The van der Waals surface area contributed by atoms with E-state index >= 15 is 0 Å². The molecular weight excluding hydrogens is 274 g/mol. The number of anilines is 2. The maximum Gasteiger partial charge on any atom is 0.356 e. The van der Waals surface area contributed by atoms with Crippen molar-refractivity contribution in [3.8, 4) is 0 Å². The second kappa shape index (κ2) is 6.00. The summed E-state index contributed by atoms with van der Waals surface area (Å²) in [6.45, 7) is 1.90. The van der Waals surface area contributed by atoms with Crippen molar-refractivity contribution < 1.29 is 14.5 Å². The summed E-state index contributed by atoms with van der Waals surface area (Å²) >= 11 is 0. The third kappa shape index (κ3) is 3.33. The topological polar surface area (TPSA) is 94.4 Å². The number of carbonyl (C=O) groups is 1. The summed E-state index contributed by atoms with van der Waals surface area (Å²) in [5.41, 5.74) is 1.42. The van der Waals surface area contributed by atoms with Gasteiger partial charge in [-0.05, 0) is 30.7 Å². The Bertz CT molecular complexity index is 700. The van der Waals surface area contributed by atoms with Crippen LogP contribution in [-0.2, 0) is 4.74 Å². The average molecular weight is 287 g/mol. The summed E-state index contributed by atoms with van der Waals surface area (Å²) in [5.74, 6) is -0.661. The molecule has 0 radical (unpaired) electrons. The van der Waals surface area contributed by atoms with Crippen LogP contribution in [0.2, 0.25) is 0 Å². The molecule has 0 unspecified atom stereocenters. The van der Waals surface area contributed by atoms with Crippen LogP contribution in [0.3, 0.4) is 0 Å². The lowest BCUT2D eigenvalue weighted by molar-refractivity contribution is -0.384. The van der Waals surface area contributed by atoms with Crippen LogP contribution >= 0.6 is 0 Å². The van der Waals surface area contributed by atoms with Gasteiger partial charge in [-0.15, -0.1) is 0 Å². The van der Waals surface area contributed by atoms with Crippen LogP contribution in [0.5, 0.6) is 0 Å². The molecule has 2 rings (SSSR count). The number of esters is 1. The molecule has 2 aromatic rings. The molecule has 0 amide bonds. The van der Waals surface area contributed by atoms with Crippen LogP contribution in [0.1, 0.15) is 16.1 Å². The Kier molecular flexibility index (Phi) is 4.13. The van der Waals surface area contributed by atoms with Gasteiger partial charge in [-0.3, -0.25) is 10.1 Å². The number of nitrogens with one attached hydrogen (secondary N) is 1. The van der Waals surface area contributed by atoms with Gasteiger partial charge in [0.25, 0.3) is 0 Å². The number of aryl methyl sites for hydroxylation is 1. The highest BCUT2D eigenvalue weighted by Gasteiger charge is 2.19. The Morgan fingerprint density at radius 2 is 2.10 bits per heavy atom.